The highest BCUT2D eigenvalue weighted by Gasteiger charge is 2.14. The second-order valence-electron chi connectivity index (χ2n) is 5.17. The normalized spacial score (nSPS) is 11.2. The molecule has 0 atom stereocenters. The predicted octanol–water partition coefficient (Wildman–Crippen LogP) is 4.16. The number of rotatable bonds is 1. The zero-order valence-electron chi connectivity index (χ0n) is 11.7. The van der Waals surface area contributed by atoms with E-state index >= 15 is 0 Å². The number of aryl methyl sites for hydroxylation is 3. The molecule has 0 bridgehead atoms. The molecule has 0 aliphatic rings. The number of hydrogen-bond donors (Lipinski definition) is 1. The van der Waals surface area contributed by atoms with Crippen LogP contribution in [0.4, 0.5) is 5.82 Å². The molecule has 2 aromatic heterocycles. The highest BCUT2D eigenvalue weighted by Crippen LogP contribution is 2.31. The van der Waals surface area contributed by atoms with Crippen molar-refractivity contribution in [3.8, 4) is 11.3 Å². The molecule has 4 heteroatoms. The summed E-state index contributed by atoms with van der Waals surface area (Å²) in [6, 6.07) is 9.91. The van der Waals surface area contributed by atoms with Crippen molar-refractivity contribution in [1.29, 1.82) is 0 Å². The van der Waals surface area contributed by atoms with Gasteiger partial charge >= 0.3 is 0 Å². The SMILES string of the molecule is Cc1cc(C)n2c(N)c(-c3ccc(Cl)cc3C)nc2c1. The predicted molar refractivity (Wildman–Crippen MR) is 84.3 cm³/mol. The van der Waals surface area contributed by atoms with Crippen LogP contribution in [0.15, 0.2) is 30.3 Å². The lowest BCUT2D eigenvalue weighted by molar-refractivity contribution is 1.09. The monoisotopic (exact) mass is 285 g/mol. The number of nitrogens with zero attached hydrogens (tertiary/aromatic N) is 2. The van der Waals surface area contributed by atoms with Gasteiger partial charge in [0.15, 0.2) is 0 Å². The minimum Gasteiger partial charge on any atom is -0.383 e. The zero-order valence-corrected chi connectivity index (χ0v) is 12.5. The van der Waals surface area contributed by atoms with Gasteiger partial charge in [0.25, 0.3) is 0 Å². The van der Waals surface area contributed by atoms with E-state index in [0.29, 0.717) is 5.82 Å². The van der Waals surface area contributed by atoms with Gasteiger partial charge in [-0.05, 0) is 56.2 Å². The Morgan fingerprint density at radius 2 is 1.85 bits per heavy atom. The maximum Gasteiger partial charge on any atom is 0.139 e. The molecule has 0 aliphatic heterocycles. The summed E-state index contributed by atoms with van der Waals surface area (Å²) in [6.07, 6.45) is 0. The van der Waals surface area contributed by atoms with Crippen LogP contribution in [-0.4, -0.2) is 9.38 Å². The van der Waals surface area contributed by atoms with Crippen LogP contribution in [0.2, 0.25) is 5.02 Å². The molecule has 0 spiro atoms. The van der Waals surface area contributed by atoms with Gasteiger partial charge in [-0.2, -0.15) is 0 Å². The molecule has 0 saturated heterocycles. The van der Waals surface area contributed by atoms with Crippen molar-refractivity contribution in [2.24, 2.45) is 0 Å². The summed E-state index contributed by atoms with van der Waals surface area (Å²) >= 11 is 6.01. The molecule has 3 rings (SSSR count). The Hall–Kier alpha value is -2.00. The lowest BCUT2D eigenvalue weighted by Gasteiger charge is -2.06. The Balaban J connectivity index is 2.32. The summed E-state index contributed by atoms with van der Waals surface area (Å²) in [5.74, 6) is 0.669. The standard InChI is InChI=1S/C16H16ClN3/c1-9-6-11(3)20-14(7-9)19-15(16(20)18)13-5-4-12(17)8-10(13)2/h4-8H,18H2,1-3H3. The van der Waals surface area contributed by atoms with Gasteiger partial charge in [-0.25, -0.2) is 4.98 Å². The van der Waals surface area contributed by atoms with Crippen LogP contribution in [0.1, 0.15) is 16.8 Å². The first-order valence-electron chi connectivity index (χ1n) is 6.49. The molecule has 2 N–H and O–H groups in total. The van der Waals surface area contributed by atoms with E-state index in [1.54, 1.807) is 0 Å². The highest BCUT2D eigenvalue weighted by molar-refractivity contribution is 6.30. The molecule has 102 valence electrons. The van der Waals surface area contributed by atoms with Gasteiger partial charge in [0.05, 0.1) is 0 Å². The molecule has 3 aromatic rings. The van der Waals surface area contributed by atoms with Crippen LogP contribution in [0, 0.1) is 20.8 Å². The molecule has 0 aliphatic carbocycles. The minimum atomic E-state index is 0.669. The number of nitrogens with two attached hydrogens (primary N) is 1. The van der Waals surface area contributed by atoms with Crippen molar-refractivity contribution < 1.29 is 0 Å². The van der Waals surface area contributed by atoms with E-state index in [1.807, 2.05) is 42.5 Å². The van der Waals surface area contributed by atoms with Gasteiger partial charge in [0.2, 0.25) is 0 Å². The van der Waals surface area contributed by atoms with Gasteiger partial charge in [-0.3, -0.25) is 4.40 Å². The third-order valence-electron chi connectivity index (χ3n) is 3.53. The first-order valence-corrected chi connectivity index (χ1v) is 6.87. The van der Waals surface area contributed by atoms with E-state index in [0.717, 1.165) is 33.2 Å². The second kappa shape index (κ2) is 4.53. The van der Waals surface area contributed by atoms with E-state index in [2.05, 4.69) is 18.0 Å². The minimum absolute atomic E-state index is 0.669. The summed E-state index contributed by atoms with van der Waals surface area (Å²) < 4.78 is 1.98. The Morgan fingerprint density at radius 1 is 1.10 bits per heavy atom. The number of hydrogen-bond acceptors (Lipinski definition) is 2. The fourth-order valence-corrected chi connectivity index (χ4v) is 2.88. The van der Waals surface area contributed by atoms with E-state index in [-0.39, 0.29) is 0 Å². The van der Waals surface area contributed by atoms with E-state index in [1.165, 1.54) is 5.56 Å². The number of benzene rings is 1. The van der Waals surface area contributed by atoms with Crippen LogP contribution < -0.4 is 5.73 Å². The smallest absolute Gasteiger partial charge is 0.139 e. The van der Waals surface area contributed by atoms with Gasteiger partial charge in [0.1, 0.15) is 17.2 Å². The number of imidazole rings is 1. The van der Waals surface area contributed by atoms with E-state index < -0.39 is 0 Å². The number of nitrogen functional groups attached to an aromatic ring is 1. The average molecular weight is 286 g/mol. The van der Waals surface area contributed by atoms with Crippen LogP contribution in [-0.2, 0) is 0 Å². The quantitative estimate of drug-likeness (QED) is 0.729. The number of fused-ring (bicyclic) bond motifs is 1. The molecular formula is C16H16ClN3. The van der Waals surface area contributed by atoms with Crippen LogP contribution >= 0.6 is 11.6 Å². The van der Waals surface area contributed by atoms with Crippen LogP contribution in [0.5, 0.6) is 0 Å². The molecule has 0 amide bonds. The van der Waals surface area contributed by atoms with Crippen molar-refractivity contribution in [2.75, 3.05) is 5.73 Å². The first-order chi connectivity index (χ1) is 9.47. The summed E-state index contributed by atoms with van der Waals surface area (Å²) in [7, 11) is 0. The fraction of sp³-hybridized carbons (Fsp3) is 0.188. The summed E-state index contributed by atoms with van der Waals surface area (Å²) in [5, 5.41) is 0.723. The van der Waals surface area contributed by atoms with Gasteiger partial charge in [-0.15, -0.1) is 0 Å². The highest BCUT2D eigenvalue weighted by atomic mass is 35.5. The Morgan fingerprint density at radius 3 is 2.55 bits per heavy atom. The number of pyridine rings is 1. The van der Waals surface area contributed by atoms with E-state index in [9.17, 15) is 0 Å². The number of anilines is 1. The topological polar surface area (TPSA) is 43.3 Å². The lowest BCUT2D eigenvalue weighted by atomic mass is 10.1. The van der Waals surface area contributed by atoms with Gasteiger partial charge in [-0.1, -0.05) is 17.7 Å². The zero-order chi connectivity index (χ0) is 14.4. The summed E-state index contributed by atoms with van der Waals surface area (Å²) in [6.45, 7) is 6.12. The summed E-state index contributed by atoms with van der Waals surface area (Å²) in [4.78, 5) is 4.69. The molecular weight excluding hydrogens is 270 g/mol. The third-order valence-corrected chi connectivity index (χ3v) is 3.76. The van der Waals surface area contributed by atoms with Crippen molar-refractivity contribution in [3.63, 3.8) is 0 Å². The second-order valence-corrected chi connectivity index (χ2v) is 5.61. The molecule has 0 fully saturated rings. The third kappa shape index (κ3) is 1.95. The van der Waals surface area contributed by atoms with Crippen molar-refractivity contribution in [3.05, 3.63) is 52.2 Å². The van der Waals surface area contributed by atoms with Crippen LogP contribution in [0.3, 0.4) is 0 Å². The fourth-order valence-electron chi connectivity index (χ4n) is 2.65. The summed E-state index contributed by atoms with van der Waals surface area (Å²) in [5.41, 5.74) is 12.3. The Labute approximate surface area is 123 Å². The average Bonchev–Trinajstić information content (AvgIpc) is 2.66. The van der Waals surface area contributed by atoms with E-state index in [4.69, 9.17) is 17.3 Å². The molecule has 0 radical (unpaired) electrons. The molecule has 2 heterocycles. The number of halogens is 1. The Bertz CT molecular complexity index is 818. The van der Waals surface area contributed by atoms with Crippen molar-refractivity contribution in [1.82, 2.24) is 9.38 Å². The van der Waals surface area contributed by atoms with Crippen molar-refractivity contribution >= 4 is 23.1 Å². The van der Waals surface area contributed by atoms with Gasteiger partial charge < -0.3 is 5.73 Å². The maximum absolute atomic E-state index is 6.30. The first kappa shape index (κ1) is 13.0. The number of aromatic nitrogens is 2. The molecule has 3 nitrogen and oxygen atoms in total. The maximum atomic E-state index is 6.30. The lowest BCUT2D eigenvalue weighted by Crippen LogP contribution is -1.98. The van der Waals surface area contributed by atoms with Gasteiger partial charge in [0, 0.05) is 16.3 Å². The molecule has 0 unspecified atom stereocenters. The largest absolute Gasteiger partial charge is 0.383 e. The molecule has 0 saturated carbocycles. The Kier molecular flexibility index (Phi) is 2.94. The molecule has 20 heavy (non-hydrogen) atoms. The van der Waals surface area contributed by atoms with Crippen LogP contribution in [0.25, 0.3) is 16.9 Å². The van der Waals surface area contributed by atoms with Crippen molar-refractivity contribution in [2.45, 2.75) is 20.8 Å². The molecule has 1 aromatic carbocycles.